The number of rotatable bonds is 2. The number of halogens is 4. The zero-order chi connectivity index (χ0) is 14.0. The molecule has 0 aliphatic rings. The van der Waals surface area contributed by atoms with Crippen LogP contribution in [0, 0.1) is 5.82 Å². The van der Waals surface area contributed by atoms with Crippen LogP contribution in [0.4, 0.5) is 17.6 Å². The lowest BCUT2D eigenvalue weighted by Gasteiger charge is -2.12. The summed E-state index contributed by atoms with van der Waals surface area (Å²) in [4.78, 5) is 3.53. The standard InChI is InChI=1S/C13H9F4NO/c14-10-4-2-1-3-9(10)12(19)11-6-5-8(7-18-11)13(15,16)17/h1-7,12,19H. The lowest BCUT2D eigenvalue weighted by atomic mass is 10.0. The lowest BCUT2D eigenvalue weighted by molar-refractivity contribution is -0.137. The second-order valence-corrected chi connectivity index (χ2v) is 3.89. The highest BCUT2D eigenvalue weighted by Gasteiger charge is 2.31. The minimum Gasteiger partial charge on any atom is -0.382 e. The van der Waals surface area contributed by atoms with E-state index in [2.05, 4.69) is 4.98 Å². The highest BCUT2D eigenvalue weighted by atomic mass is 19.4. The van der Waals surface area contributed by atoms with Gasteiger partial charge >= 0.3 is 6.18 Å². The fourth-order valence-electron chi connectivity index (χ4n) is 1.59. The molecule has 2 nitrogen and oxygen atoms in total. The summed E-state index contributed by atoms with van der Waals surface area (Å²) in [5, 5.41) is 9.88. The zero-order valence-corrected chi connectivity index (χ0v) is 9.53. The van der Waals surface area contributed by atoms with Crippen LogP contribution in [0.25, 0.3) is 0 Å². The minimum absolute atomic E-state index is 0.0326. The molecule has 19 heavy (non-hydrogen) atoms. The molecular formula is C13H9F4NO. The monoisotopic (exact) mass is 271 g/mol. The quantitative estimate of drug-likeness (QED) is 0.850. The largest absolute Gasteiger partial charge is 0.417 e. The molecule has 1 unspecified atom stereocenters. The van der Waals surface area contributed by atoms with E-state index in [4.69, 9.17) is 0 Å². The van der Waals surface area contributed by atoms with Crippen molar-refractivity contribution in [1.82, 2.24) is 4.98 Å². The van der Waals surface area contributed by atoms with Gasteiger partial charge in [-0.25, -0.2) is 4.39 Å². The van der Waals surface area contributed by atoms with E-state index < -0.39 is 23.7 Å². The Morgan fingerprint density at radius 3 is 2.26 bits per heavy atom. The second kappa shape index (κ2) is 4.97. The average Bonchev–Trinajstić information content (AvgIpc) is 2.38. The van der Waals surface area contributed by atoms with E-state index in [0.29, 0.717) is 6.20 Å². The Morgan fingerprint density at radius 1 is 1.05 bits per heavy atom. The maximum atomic E-state index is 13.4. The average molecular weight is 271 g/mol. The van der Waals surface area contributed by atoms with E-state index in [1.165, 1.54) is 18.2 Å². The molecule has 0 spiro atoms. The summed E-state index contributed by atoms with van der Waals surface area (Å²) in [5.74, 6) is -0.642. The molecular weight excluding hydrogens is 262 g/mol. The van der Waals surface area contributed by atoms with Gasteiger partial charge in [-0.3, -0.25) is 4.98 Å². The summed E-state index contributed by atoms with van der Waals surface area (Å²) in [6, 6.07) is 7.30. The highest BCUT2D eigenvalue weighted by Crippen LogP contribution is 2.30. The molecule has 1 aromatic carbocycles. The molecule has 0 bridgehead atoms. The topological polar surface area (TPSA) is 33.1 Å². The van der Waals surface area contributed by atoms with Gasteiger partial charge in [0.1, 0.15) is 11.9 Å². The van der Waals surface area contributed by atoms with Gasteiger partial charge in [-0.05, 0) is 18.2 Å². The summed E-state index contributed by atoms with van der Waals surface area (Å²) < 4.78 is 50.5. The maximum Gasteiger partial charge on any atom is 0.417 e. The van der Waals surface area contributed by atoms with Crippen molar-refractivity contribution in [3.63, 3.8) is 0 Å². The van der Waals surface area contributed by atoms with E-state index in [1.807, 2.05) is 0 Å². The van der Waals surface area contributed by atoms with E-state index in [0.717, 1.165) is 18.2 Å². The smallest absolute Gasteiger partial charge is 0.382 e. The summed E-state index contributed by atoms with van der Waals surface area (Å²) >= 11 is 0. The number of hydrogen-bond acceptors (Lipinski definition) is 2. The van der Waals surface area contributed by atoms with Crippen LogP contribution in [0.2, 0.25) is 0 Å². The van der Waals surface area contributed by atoms with Crippen molar-refractivity contribution < 1.29 is 22.7 Å². The normalized spacial score (nSPS) is 13.3. The maximum absolute atomic E-state index is 13.4. The van der Waals surface area contributed by atoms with Gasteiger partial charge in [0.05, 0.1) is 11.3 Å². The van der Waals surface area contributed by atoms with Crippen molar-refractivity contribution in [2.45, 2.75) is 12.3 Å². The molecule has 2 rings (SSSR count). The fourth-order valence-corrected chi connectivity index (χ4v) is 1.59. The molecule has 2 aromatic rings. The predicted octanol–water partition coefficient (Wildman–Crippen LogP) is 3.32. The molecule has 100 valence electrons. The van der Waals surface area contributed by atoms with Crippen LogP contribution >= 0.6 is 0 Å². The molecule has 0 saturated carbocycles. The van der Waals surface area contributed by atoms with Crippen LogP contribution in [0.3, 0.4) is 0 Å². The number of pyridine rings is 1. The van der Waals surface area contributed by atoms with Gasteiger partial charge in [0.25, 0.3) is 0 Å². The Hall–Kier alpha value is -1.95. The van der Waals surface area contributed by atoms with Gasteiger partial charge in [0.15, 0.2) is 0 Å². The molecule has 0 amide bonds. The molecule has 0 aliphatic carbocycles. The van der Waals surface area contributed by atoms with Crippen LogP contribution in [-0.2, 0) is 6.18 Å². The first-order chi connectivity index (χ1) is 8.89. The molecule has 0 aliphatic heterocycles. The van der Waals surface area contributed by atoms with Crippen molar-refractivity contribution in [3.8, 4) is 0 Å². The van der Waals surface area contributed by atoms with Gasteiger partial charge in [-0.1, -0.05) is 18.2 Å². The molecule has 1 aromatic heterocycles. The number of aliphatic hydroxyl groups is 1. The number of aliphatic hydroxyl groups excluding tert-OH is 1. The minimum atomic E-state index is -4.49. The second-order valence-electron chi connectivity index (χ2n) is 3.89. The van der Waals surface area contributed by atoms with E-state index in [-0.39, 0.29) is 11.3 Å². The van der Waals surface area contributed by atoms with Gasteiger partial charge < -0.3 is 5.11 Å². The Morgan fingerprint density at radius 2 is 1.74 bits per heavy atom. The van der Waals surface area contributed by atoms with E-state index >= 15 is 0 Å². The third-order valence-electron chi connectivity index (χ3n) is 2.59. The van der Waals surface area contributed by atoms with Crippen LogP contribution in [0.1, 0.15) is 22.9 Å². The molecule has 1 N–H and O–H groups in total. The molecule has 1 heterocycles. The Bertz CT molecular complexity index is 566. The Balaban J connectivity index is 2.31. The molecule has 0 saturated heterocycles. The highest BCUT2D eigenvalue weighted by molar-refractivity contribution is 5.28. The van der Waals surface area contributed by atoms with Gasteiger partial charge in [-0.15, -0.1) is 0 Å². The number of benzene rings is 1. The number of aromatic nitrogens is 1. The Labute approximate surface area is 106 Å². The summed E-state index contributed by atoms with van der Waals surface area (Å²) in [6.45, 7) is 0. The van der Waals surface area contributed by atoms with Gasteiger partial charge in [-0.2, -0.15) is 13.2 Å². The third-order valence-corrected chi connectivity index (χ3v) is 2.59. The first kappa shape index (κ1) is 13.5. The van der Waals surface area contributed by atoms with E-state index in [9.17, 15) is 22.7 Å². The zero-order valence-electron chi connectivity index (χ0n) is 9.53. The lowest BCUT2D eigenvalue weighted by Crippen LogP contribution is -2.09. The fraction of sp³-hybridized carbons (Fsp3) is 0.154. The first-order valence-corrected chi connectivity index (χ1v) is 5.35. The molecule has 0 fully saturated rings. The van der Waals surface area contributed by atoms with Crippen molar-refractivity contribution in [3.05, 3.63) is 65.2 Å². The van der Waals surface area contributed by atoms with Crippen LogP contribution in [0.15, 0.2) is 42.6 Å². The van der Waals surface area contributed by atoms with Crippen molar-refractivity contribution in [2.75, 3.05) is 0 Å². The van der Waals surface area contributed by atoms with Crippen LogP contribution in [-0.4, -0.2) is 10.1 Å². The molecule has 0 radical (unpaired) electrons. The number of alkyl halides is 3. The number of hydrogen-bond donors (Lipinski definition) is 1. The number of nitrogens with zero attached hydrogens (tertiary/aromatic N) is 1. The predicted molar refractivity (Wildman–Crippen MR) is 59.7 cm³/mol. The SMILES string of the molecule is OC(c1ccc(C(F)(F)F)cn1)c1ccccc1F. The first-order valence-electron chi connectivity index (χ1n) is 5.35. The van der Waals surface area contributed by atoms with Crippen molar-refractivity contribution in [1.29, 1.82) is 0 Å². The summed E-state index contributed by atoms with van der Waals surface area (Å²) in [5.41, 5.74) is -0.996. The summed E-state index contributed by atoms with van der Waals surface area (Å²) in [6.07, 6.45) is -5.28. The third kappa shape index (κ3) is 2.90. The van der Waals surface area contributed by atoms with Gasteiger partial charge in [0.2, 0.25) is 0 Å². The van der Waals surface area contributed by atoms with Gasteiger partial charge in [0, 0.05) is 11.8 Å². The molecule has 6 heteroatoms. The summed E-state index contributed by atoms with van der Waals surface area (Å²) in [7, 11) is 0. The van der Waals surface area contributed by atoms with Crippen LogP contribution < -0.4 is 0 Å². The van der Waals surface area contributed by atoms with E-state index in [1.54, 1.807) is 0 Å². The Kier molecular flexibility index (Phi) is 3.53. The van der Waals surface area contributed by atoms with Crippen molar-refractivity contribution in [2.24, 2.45) is 0 Å². The van der Waals surface area contributed by atoms with Crippen LogP contribution in [0.5, 0.6) is 0 Å². The van der Waals surface area contributed by atoms with Crippen molar-refractivity contribution >= 4 is 0 Å². The molecule has 1 atom stereocenters.